The molecule has 5 rings (SSSR count). The molecule has 5 nitrogen and oxygen atoms in total. The van der Waals surface area contributed by atoms with Gasteiger partial charge in [0.05, 0.1) is 17.6 Å². The lowest BCUT2D eigenvalue weighted by Crippen LogP contribution is -2.32. The Labute approximate surface area is 163 Å². The molecule has 1 N–H and O–H groups in total. The monoisotopic (exact) mass is 383 g/mol. The number of hydrogen-bond donors (Lipinski definition) is 1. The van der Waals surface area contributed by atoms with E-state index in [4.69, 9.17) is 9.15 Å². The third kappa shape index (κ3) is 3.71. The molecule has 1 aromatic carbocycles. The summed E-state index contributed by atoms with van der Waals surface area (Å²) >= 11 is 0. The van der Waals surface area contributed by atoms with E-state index in [1.54, 1.807) is 6.07 Å². The van der Waals surface area contributed by atoms with Crippen molar-refractivity contribution in [3.05, 3.63) is 53.5 Å². The van der Waals surface area contributed by atoms with E-state index in [0.717, 1.165) is 80.3 Å². The standard InChI is InChI=1S/C22H26FN3O2/c23-16-4-6-18-19(13-16)25-22(24-18)15-8-10-26(11-9-15)14-17-5-7-21(28-17)20-3-1-2-12-27-20/h4-7,13,15,20H,1-3,8-12,14H2,(H,24,25). The van der Waals surface area contributed by atoms with Crippen LogP contribution in [0.5, 0.6) is 0 Å². The summed E-state index contributed by atoms with van der Waals surface area (Å²) in [5.74, 6) is 3.14. The van der Waals surface area contributed by atoms with E-state index in [1.165, 1.54) is 18.6 Å². The van der Waals surface area contributed by atoms with Gasteiger partial charge in [-0.3, -0.25) is 4.90 Å². The lowest BCUT2D eigenvalue weighted by atomic mass is 9.96. The normalized spacial score (nSPS) is 22.1. The first-order valence-corrected chi connectivity index (χ1v) is 10.3. The molecule has 6 heteroatoms. The lowest BCUT2D eigenvalue weighted by molar-refractivity contribution is 0.000764. The Balaban J connectivity index is 1.18. The zero-order valence-corrected chi connectivity index (χ0v) is 16.0. The third-order valence-corrected chi connectivity index (χ3v) is 6.00. The largest absolute Gasteiger partial charge is 0.462 e. The number of imidazole rings is 1. The van der Waals surface area contributed by atoms with Crippen LogP contribution in [0.3, 0.4) is 0 Å². The fraction of sp³-hybridized carbons (Fsp3) is 0.500. The van der Waals surface area contributed by atoms with Crippen molar-refractivity contribution in [1.29, 1.82) is 0 Å². The average molecular weight is 383 g/mol. The number of H-pyrrole nitrogens is 1. The average Bonchev–Trinajstić information content (AvgIpc) is 3.36. The number of likely N-dealkylation sites (tertiary alicyclic amines) is 1. The van der Waals surface area contributed by atoms with Gasteiger partial charge < -0.3 is 14.1 Å². The molecule has 0 aliphatic carbocycles. The number of aromatic nitrogens is 2. The van der Waals surface area contributed by atoms with Gasteiger partial charge in [-0.15, -0.1) is 0 Å². The molecule has 0 radical (unpaired) electrons. The first-order valence-electron chi connectivity index (χ1n) is 10.3. The first kappa shape index (κ1) is 17.9. The minimum absolute atomic E-state index is 0.131. The van der Waals surface area contributed by atoms with Crippen molar-refractivity contribution < 1.29 is 13.5 Å². The number of halogens is 1. The number of furan rings is 1. The summed E-state index contributed by atoms with van der Waals surface area (Å²) in [5.41, 5.74) is 1.62. The molecule has 0 bridgehead atoms. The predicted molar refractivity (Wildman–Crippen MR) is 105 cm³/mol. The topological polar surface area (TPSA) is 54.3 Å². The van der Waals surface area contributed by atoms with Gasteiger partial charge in [0.15, 0.2) is 0 Å². The Morgan fingerprint density at radius 1 is 1.11 bits per heavy atom. The highest BCUT2D eigenvalue weighted by atomic mass is 19.1. The van der Waals surface area contributed by atoms with Gasteiger partial charge in [0.2, 0.25) is 0 Å². The van der Waals surface area contributed by atoms with Crippen molar-refractivity contribution in [3.8, 4) is 0 Å². The SMILES string of the molecule is Fc1ccc2nc(C3CCN(Cc4ccc(C5CCCCO5)o4)CC3)[nH]c2c1. The zero-order valence-electron chi connectivity index (χ0n) is 16.0. The van der Waals surface area contributed by atoms with E-state index in [-0.39, 0.29) is 11.9 Å². The van der Waals surface area contributed by atoms with Crippen molar-refractivity contribution in [2.24, 2.45) is 0 Å². The number of aromatic amines is 1. The van der Waals surface area contributed by atoms with Crippen LogP contribution in [0.4, 0.5) is 4.39 Å². The number of nitrogens with zero attached hydrogens (tertiary/aromatic N) is 2. The fourth-order valence-electron chi connectivity index (χ4n) is 4.40. The molecule has 0 amide bonds. The Bertz CT molecular complexity index is 936. The van der Waals surface area contributed by atoms with Gasteiger partial charge >= 0.3 is 0 Å². The quantitative estimate of drug-likeness (QED) is 0.695. The molecule has 0 spiro atoms. The number of benzene rings is 1. The van der Waals surface area contributed by atoms with Gasteiger partial charge in [-0.2, -0.15) is 0 Å². The van der Waals surface area contributed by atoms with E-state index >= 15 is 0 Å². The molecule has 2 fully saturated rings. The van der Waals surface area contributed by atoms with Crippen LogP contribution in [0.2, 0.25) is 0 Å². The minimum Gasteiger partial charge on any atom is -0.462 e. The maximum atomic E-state index is 13.4. The first-order chi connectivity index (χ1) is 13.7. The molecule has 28 heavy (non-hydrogen) atoms. The van der Waals surface area contributed by atoms with Crippen molar-refractivity contribution in [3.63, 3.8) is 0 Å². The lowest BCUT2D eigenvalue weighted by Gasteiger charge is -2.30. The molecule has 1 unspecified atom stereocenters. The molecule has 4 heterocycles. The summed E-state index contributed by atoms with van der Waals surface area (Å²) in [7, 11) is 0. The Kier molecular flexibility index (Phi) is 4.91. The van der Waals surface area contributed by atoms with E-state index in [0.29, 0.717) is 5.92 Å². The maximum absolute atomic E-state index is 13.4. The number of nitrogens with one attached hydrogen (secondary N) is 1. The van der Waals surface area contributed by atoms with Crippen molar-refractivity contribution in [2.75, 3.05) is 19.7 Å². The van der Waals surface area contributed by atoms with Crippen LogP contribution >= 0.6 is 0 Å². The fourth-order valence-corrected chi connectivity index (χ4v) is 4.40. The Morgan fingerprint density at radius 2 is 2.00 bits per heavy atom. The number of hydrogen-bond acceptors (Lipinski definition) is 4. The van der Waals surface area contributed by atoms with Crippen LogP contribution in [-0.4, -0.2) is 34.6 Å². The highest BCUT2D eigenvalue weighted by Gasteiger charge is 2.25. The summed E-state index contributed by atoms with van der Waals surface area (Å²) in [5, 5.41) is 0. The van der Waals surface area contributed by atoms with Crippen LogP contribution in [0.1, 0.15) is 61.5 Å². The molecule has 2 aliphatic rings. The highest BCUT2D eigenvalue weighted by molar-refractivity contribution is 5.75. The van der Waals surface area contributed by atoms with Crippen LogP contribution in [0.15, 0.2) is 34.7 Å². The van der Waals surface area contributed by atoms with Gasteiger partial charge in [0.1, 0.15) is 29.3 Å². The summed E-state index contributed by atoms with van der Waals surface area (Å²) in [4.78, 5) is 10.4. The van der Waals surface area contributed by atoms with Crippen LogP contribution in [0.25, 0.3) is 11.0 Å². The summed E-state index contributed by atoms with van der Waals surface area (Å²) in [6.45, 7) is 3.69. The second-order valence-corrected chi connectivity index (χ2v) is 7.99. The second kappa shape index (κ2) is 7.68. The number of ether oxygens (including phenoxy) is 1. The molecule has 148 valence electrons. The highest BCUT2D eigenvalue weighted by Crippen LogP contribution is 2.31. The van der Waals surface area contributed by atoms with E-state index < -0.39 is 0 Å². The molecular weight excluding hydrogens is 357 g/mol. The van der Waals surface area contributed by atoms with Crippen LogP contribution in [-0.2, 0) is 11.3 Å². The molecule has 2 aliphatic heterocycles. The molecule has 1 atom stereocenters. The molecule has 3 aromatic rings. The zero-order chi connectivity index (χ0) is 18.9. The smallest absolute Gasteiger partial charge is 0.133 e. The maximum Gasteiger partial charge on any atom is 0.133 e. The Hall–Kier alpha value is -2.18. The van der Waals surface area contributed by atoms with Gasteiger partial charge in [-0.1, -0.05) is 0 Å². The van der Waals surface area contributed by atoms with Crippen molar-refractivity contribution in [2.45, 2.75) is 50.7 Å². The van der Waals surface area contributed by atoms with E-state index in [1.807, 2.05) is 0 Å². The summed E-state index contributed by atoms with van der Waals surface area (Å²) in [6, 6.07) is 8.89. The summed E-state index contributed by atoms with van der Waals surface area (Å²) in [6.07, 6.45) is 5.64. The van der Waals surface area contributed by atoms with E-state index in [9.17, 15) is 4.39 Å². The van der Waals surface area contributed by atoms with Gasteiger partial charge in [0, 0.05) is 12.5 Å². The van der Waals surface area contributed by atoms with Crippen LogP contribution in [0, 0.1) is 5.82 Å². The van der Waals surface area contributed by atoms with Crippen molar-refractivity contribution in [1.82, 2.24) is 14.9 Å². The third-order valence-electron chi connectivity index (χ3n) is 6.00. The summed E-state index contributed by atoms with van der Waals surface area (Å²) < 4.78 is 25.3. The minimum atomic E-state index is -0.228. The van der Waals surface area contributed by atoms with Gasteiger partial charge in [-0.25, -0.2) is 9.37 Å². The number of fused-ring (bicyclic) bond motifs is 1. The number of piperidine rings is 1. The Morgan fingerprint density at radius 3 is 2.82 bits per heavy atom. The predicted octanol–water partition coefficient (Wildman–Crippen LogP) is 4.92. The number of rotatable bonds is 4. The molecule has 2 aromatic heterocycles. The molecular formula is C22H26FN3O2. The molecule has 0 saturated carbocycles. The van der Waals surface area contributed by atoms with Crippen molar-refractivity contribution >= 4 is 11.0 Å². The molecule has 2 saturated heterocycles. The van der Waals surface area contributed by atoms with Gasteiger partial charge in [0.25, 0.3) is 0 Å². The van der Waals surface area contributed by atoms with Crippen LogP contribution < -0.4 is 0 Å². The second-order valence-electron chi connectivity index (χ2n) is 7.99. The van der Waals surface area contributed by atoms with E-state index in [2.05, 4.69) is 27.0 Å². The van der Waals surface area contributed by atoms with Gasteiger partial charge in [-0.05, 0) is 75.5 Å².